The molecule has 0 aromatic rings. The predicted molar refractivity (Wildman–Crippen MR) is 60.6 cm³/mol. The van der Waals surface area contributed by atoms with Gasteiger partial charge in [-0.05, 0) is 25.2 Å². The molecule has 0 radical (unpaired) electrons. The van der Waals surface area contributed by atoms with Gasteiger partial charge in [-0.1, -0.05) is 19.3 Å². The van der Waals surface area contributed by atoms with E-state index in [1.165, 1.54) is 6.42 Å². The van der Waals surface area contributed by atoms with Gasteiger partial charge in [-0.15, -0.1) is 0 Å². The van der Waals surface area contributed by atoms with Crippen LogP contribution in [0.25, 0.3) is 0 Å². The third kappa shape index (κ3) is 5.25. The number of hydrogen-bond donors (Lipinski definition) is 1. The standard InChI is InChI=1S/C12H22F3NO/c1-17-11(9-5-3-2-4-6-9)10(16)7-8-12(13,14)15/h9-11H,2-8,16H2,1H3. The molecule has 1 fully saturated rings. The van der Waals surface area contributed by atoms with Gasteiger partial charge in [0, 0.05) is 19.6 Å². The lowest BCUT2D eigenvalue weighted by Crippen LogP contribution is -2.42. The van der Waals surface area contributed by atoms with Gasteiger partial charge < -0.3 is 10.5 Å². The first kappa shape index (κ1) is 14.8. The molecule has 1 aliphatic rings. The molecule has 1 rings (SSSR count). The van der Waals surface area contributed by atoms with E-state index in [0.29, 0.717) is 5.92 Å². The Hall–Kier alpha value is -0.290. The van der Waals surface area contributed by atoms with Crippen LogP contribution in [0.15, 0.2) is 0 Å². The molecule has 1 aliphatic carbocycles. The average Bonchev–Trinajstić information content (AvgIpc) is 2.28. The summed E-state index contributed by atoms with van der Waals surface area (Å²) in [5, 5.41) is 0. The minimum Gasteiger partial charge on any atom is -0.380 e. The van der Waals surface area contributed by atoms with E-state index in [2.05, 4.69) is 0 Å². The molecule has 2 nitrogen and oxygen atoms in total. The van der Waals surface area contributed by atoms with Gasteiger partial charge in [0.25, 0.3) is 0 Å². The van der Waals surface area contributed by atoms with Crippen LogP contribution in [-0.4, -0.2) is 25.4 Å². The Morgan fingerprint density at radius 2 is 1.82 bits per heavy atom. The third-order valence-corrected chi connectivity index (χ3v) is 3.57. The topological polar surface area (TPSA) is 35.2 Å². The Labute approximate surface area is 101 Å². The Bertz CT molecular complexity index is 214. The van der Waals surface area contributed by atoms with E-state index in [0.717, 1.165) is 25.7 Å². The monoisotopic (exact) mass is 253 g/mol. The summed E-state index contributed by atoms with van der Waals surface area (Å²) in [5.74, 6) is 0.331. The van der Waals surface area contributed by atoms with Crippen LogP contribution >= 0.6 is 0 Å². The summed E-state index contributed by atoms with van der Waals surface area (Å²) < 4.78 is 41.7. The molecule has 0 spiro atoms. The lowest BCUT2D eigenvalue weighted by atomic mass is 9.82. The molecule has 2 atom stereocenters. The van der Waals surface area contributed by atoms with Crippen molar-refractivity contribution in [1.29, 1.82) is 0 Å². The summed E-state index contributed by atoms with van der Waals surface area (Å²) in [4.78, 5) is 0. The highest BCUT2D eigenvalue weighted by molar-refractivity contribution is 4.83. The molecule has 0 heterocycles. The molecular weight excluding hydrogens is 231 g/mol. The Balaban J connectivity index is 2.42. The summed E-state index contributed by atoms with van der Waals surface area (Å²) in [6, 6.07) is -0.510. The lowest BCUT2D eigenvalue weighted by molar-refractivity contribution is -0.138. The van der Waals surface area contributed by atoms with Crippen LogP contribution in [0.2, 0.25) is 0 Å². The minimum atomic E-state index is -4.12. The second-order valence-electron chi connectivity index (χ2n) is 4.92. The fourth-order valence-electron chi connectivity index (χ4n) is 2.67. The fraction of sp³-hybridized carbons (Fsp3) is 1.00. The summed E-state index contributed by atoms with van der Waals surface area (Å²) in [6.45, 7) is 0. The largest absolute Gasteiger partial charge is 0.389 e. The van der Waals surface area contributed by atoms with Crippen molar-refractivity contribution in [3.05, 3.63) is 0 Å². The molecule has 2 unspecified atom stereocenters. The summed E-state index contributed by atoms with van der Waals surface area (Å²) in [6.07, 6.45) is 0.327. The number of methoxy groups -OCH3 is 1. The fourth-order valence-corrected chi connectivity index (χ4v) is 2.67. The normalized spacial score (nSPS) is 22.4. The summed E-state index contributed by atoms with van der Waals surface area (Å²) in [7, 11) is 1.55. The summed E-state index contributed by atoms with van der Waals surface area (Å²) in [5.41, 5.74) is 5.84. The van der Waals surface area contributed by atoms with Gasteiger partial charge in [0.05, 0.1) is 6.10 Å². The molecule has 1 saturated carbocycles. The van der Waals surface area contributed by atoms with E-state index >= 15 is 0 Å². The van der Waals surface area contributed by atoms with Crippen molar-refractivity contribution in [1.82, 2.24) is 0 Å². The van der Waals surface area contributed by atoms with Crippen LogP contribution in [0.1, 0.15) is 44.9 Å². The minimum absolute atomic E-state index is 0.0431. The highest BCUT2D eigenvalue weighted by Crippen LogP contribution is 2.31. The molecule has 0 bridgehead atoms. The van der Waals surface area contributed by atoms with Crippen LogP contribution in [0.5, 0.6) is 0 Å². The number of ether oxygens (including phenoxy) is 1. The number of nitrogens with two attached hydrogens (primary N) is 1. The van der Waals surface area contributed by atoms with Crippen molar-refractivity contribution in [3.63, 3.8) is 0 Å². The zero-order valence-electron chi connectivity index (χ0n) is 10.3. The maximum absolute atomic E-state index is 12.1. The average molecular weight is 253 g/mol. The highest BCUT2D eigenvalue weighted by Gasteiger charge is 2.33. The van der Waals surface area contributed by atoms with Crippen LogP contribution < -0.4 is 5.73 Å². The maximum Gasteiger partial charge on any atom is 0.389 e. The molecule has 5 heteroatoms. The van der Waals surface area contributed by atoms with Crippen LogP contribution in [0.4, 0.5) is 13.2 Å². The van der Waals surface area contributed by atoms with E-state index in [4.69, 9.17) is 10.5 Å². The van der Waals surface area contributed by atoms with E-state index in [1.54, 1.807) is 7.11 Å². The smallest absolute Gasteiger partial charge is 0.380 e. The number of hydrogen-bond acceptors (Lipinski definition) is 2. The Morgan fingerprint density at radius 1 is 1.24 bits per heavy atom. The van der Waals surface area contributed by atoms with Gasteiger partial charge in [0.2, 0.25) is 0 Å². The first-order valence-electron chi connectivity index (χ1n) is 6.29. The van der Waals surface area contributed by atoms with E-state index in [-0.39, 0.29) is 12.5 Å². The van der Waals surface area contributed by atoms with E-state index < -0.39 is 18.6 Å². The van der Waals surface area contributed by atoms with Gasteiger partial charge in [-0.2, -0.15) is 13.2 Å². The second-order valence-corrected chi connectivity index (χ2v) is 4.92. The molecule has 102 valence electrons. The third-order valence-electron chi connectivity index (χ3n) is 3.57. The van der Waals surface area contributed by atoms with Gasteiger partial charge in [0.1, 0.15) is 0 Å². The zero-order chi connectivity index (χ0) is 12.9. The van der Waals surface area contributed by atoms with E-state index in [1.807, 2.05) is 0 Å². The molecule has 2 N–H and O–H groups in total. The first-order chi connectivity index (χ1) is 7.94. The van der Waals surface area contributed by atoms with Gasteiger partial charge in [0.15, 0.2) is 0 Å². The van der Waals surface area contributed by atoms with E-state index in [9.17, 15) is 13.2 Å². The zero-order valence-corrected chi connectivity index (χ0v) is 10.3. The lowest BCUT2D eigenvalue weighted by Gasteiger charge is -2.33. The first-order valence-corrected chi connectivity index (χ1v) is 6.29. The number of alkyl halides is 3. The summed E-state index contributed by atoms with van der Waals surface area (Å²) >= 11 is 0. The molecule has 0 saturated heterocycles. The molecule has 0 aromatic heterocycles. The van der Waals surface area contributed by atoms with Gasteiger partial charge in [-0.25, -0.2) is 0 Å². The number of halogens is 3. The molecule has 0 amide bonds. The Kier molecular flexibility index (Phi) is 5.73. The van der Waals surface area contributed by atoms with Gasteiger partial charge >= 0.3 is 6.18 Å². The highest BCUT2D eigenvalue weighted by atomic mass is 19.4. The second kappa shape index (κ2) is 6.59. The van der Waals surface area contributed by atoms with Crippen molar-refractivity contribution in [2.45, 2.75) is 63.3 Å². The maximum atomic E-state index is 12.1. The molecule has 0 aromatic carbocycles. The van der Waals surface area contributed by atoms with Crippen LogP contribution in [0, 0.1) is 5.92 Å². The predicted octanol–water partition coefficient (Wildman–Crippen LogP) is 3.25. The molecule has 17 heavy (non-hydrogen) atoms. The quantitative estimate of drug-likeness (QED) is 0.816. The SMILES string of the molecule is COC(C(N)CCC(F)(F)F)C1CCCCC1. The Morgan fingerprint density at radius 3 is 2.29 bits per heavy atom. The van der Waals surface area contributed by atoms with Crippen molar-refractivity contribution in [2.75, 3.05) is 7.11 Å². The molecular formula is C12H22F3NO. The van der Waals surface area contributed by atoms with Crippen LogP contribution in [-0.2, 0) is 4.74 Å². The molecule has 0 aliphatic heterocycles. The number of rotatable bonds is 5. The van der Waals surface area contributed by atoms with Crippen molar-refractivity contribution in [3.8, 4) is 0 Å². The van der Waals surface area contributed by atoms with Gasteiger partial charge in [-0.3, -0.25) is 0 Å². The van der Waals surface area contributed by atoms with Crippen molar-refractivity contribution in [2.24, 2.45) is 11.7 Å². The van der Waals surface area contributed by atoms with Crippen LogP contribution in [0.3, 0.4) is 0 Å². The van der Waals surface area contributed by atoms with Crippen molar-refractivity contribution >= 4 is 0 Å². The van der Waals surface area contributed by atoms with Crippen molar-refractivity contribution < 1.29 is 17.9 Å².